The predicted molar refractivity (Wildman–Crippen MR) is 72.4 cm³/mol. The summed E-state index contributed by atoms with van der Waals surface area (Å²) in [6.45, 7) is 3.31. The van der Waals surface area contributed by atoms with Crippen molar-refractivity contribution in [3.05, 3.63) is 34.3 Å². The van der Waals surface area contributed by atoms with E-state index in [1.807, 2.05) is 0 Å². The van der Waals surface area contributed by atoms with E-state index < -0.39 is 0 Å². The minimum absolute atomic E-state index is 0.740. The average Bonchev–Trinajstić information content (AvgIpc) is 2.74. The highest BCUT2D eigenvalue weighted by Gasteiger charge is 2.24. The number of hydrogen-bond donors (Lipinski definition) is 1. The van der Waals surface area contributed by atoms with Gasteiger partial charge in [-0.05, 0) is 36.5 Å². The maximum atomic E-state index is 3.71. The predicted octanol–water partition coefficient (Wildman–Crippen LogP) is 4.12. The Morgan fingerprint density at radius 1 is 1.38 bits per heavy atom. The van der Waals surface area contributed by atoms with Crippen LogP contribution in [0.3, 0.4) is 0 Å². The van der Waals surface area contributed by atoms with Crippen LogP contribution in [0, 0.1) is 5.92 Å². The van der Waals surface area contributed by atoms with Gasteiger partial charge in [-0.25, -0.2) is 0 Å². The smallest absolute Gasteiger partial charge is 0.0208 e. The van der Waals surface area contributed by atoms with Crippen molar-refractivity contribution in [3.63, 3.8) is 0 Å². The van der Waals surface area contributed by atoms with E-state index in [2.05, 4.69) is 52.4 Å². The highest BCUT2D eigenvalue weighted by Crippen LogP contribution is 2.28. The minimum Gasteiger partial charge on any atom is -0.310 e. The van der Waals surface area contributed by atoms with Gasteiger partial charge in [0.25, 0.3) is 0 Å². The van der Waals surface area contributed by atoms with Crippen LogP contribution in [0.5, 0.6) is 0 Å². The van der Waals surface area contributed by atoms with E-state index in [1.54, 1.807) is 0 Å². The molecule has 1 aromatic carbocycles. The molecule has 16 heavy (non-hydrogen) atoms. The molecule has 1 nitrogen and oxygen atoms in total. The van der Waals surface area contributed by atoms with Crippen LogP contribution in [-0.4, -0.2) is 6.04 Å². The van der Waals surface area contributed by atoms with Gasteiger partial charge in [-0.15, -0.1) is 0 Å². The maximum Gasteiger partial charge on any atom is 0.0208 e. The molecule has 1 saturated carbocycles. The maximum absolute atomic E-state index is 3.71. The zero-order valence-electron chi connectivity index (χ0n) is 9.88. The molecular formula is C14H20BrN. The Bertz CT molecular complexity index is 337. The molecule has 1 aromatic rings. The summed E-state index contributed by atoms with van der Waals surface area (Å²) in [5.74, 6) is 0.896. The number of nitrogens with one attached hydrogen (secondary N) is 1. The van der Waals surface area contributed by atoms with Crippen molar-refractivity contribution in [1.29, 1.82) is 0 Å². The third kappa shape index (κ3) is 3.08. The summed E-state index contributed by atoms with van der Waals surface area (Å²) in [6.07, 6.45) is 5.48. The van der Waals surface area contributed by atoms with E-state index in [0.29, 0.717) is 0 Å². The van der Waals surface area contributed by atoms with Gasteiger partial charge in [0, 0.05) is 17.1 Å². The second-order valence-corrected chi connectivity index (χ2v) is 5.63. The van der Waals surface area contributed by atoms with Crippen LogP contribution in [0.4, 0.5) is 0 Å². The third-order valence-corrected chi connectivity index (χ3v) is 4.13. The Balaban J connectivity index is 1.87. The number of rotatable bonds is 4. The zero-order valence-corrected chi connectivity index (χ0v) is 11.5. The lowest BCUT2D eigenvalue weighted by Gasteiger charge is -2.19. The van der Waals surface area contributed by atoms with Crippen molar-refractivity contribution in [1.82, 2.24) is 5.32 Å². The van der Waals surface area contributed by atoms with Gasteiger partial charge >= 0.3 is 0 Å². The van der Waals surface area contributed by atoms with E-state index in [9.17, 15) is 0 Å². The van der Waals surface area contributed by atoms with Crippen molar-refractivity contribution in [2.75, 3.05) is 0 Å². The molecule has 1 N–H and O–H groups in total. The molecule has 2 rings (SSSR count). The molecule has 2 heteroatoms. The lowest BCUT2D eigenvalue weighted by atomic mass is 10.0. The monoisotopic (exact) mass is 281 g/mol. The normalized spacial score (nSPS) is 24.9. The van der Waals surface area contributed by atoms with Crippen molar-refractivity contribution < 1.29 is 0 Å². The summed E-state index contributed by atoms with van der Waals surface area (Å²) in [5, 5.41) is 3.71. The first kappa shape index (κ1) is 12.1. The first-order valence-electron chi connectivity index (χ1n) is 6.27. The third-order valence-electron chi connectivity index (χ3n) is 3.64. The molecule has 0 saturated heterocycles. The highest BCUT2D eigenvalue weighted by atomic mass is 79.9. The second kappa shape index (κ2) is 5.83. The molecular weight excluding hydrogens is 262 g/mol. The molecule has 0 radical (unpaired) electrons. The summed E-state index contributed by atoms with van der Waals surface area (Å²) >= 11 is 3.51. The van der Waals surface area contributed by atoms with Gasteiger partial charge in [0.2, 0.25) is 0 Å². The molecule has 88 valence electrons. The van der Waals surface area contributed by atoms with Crippen molar-refractivity contribution in [3.8, 4) is 0 Å². The summed E-state index contributed by atoms with van der Waals surface area (Å²) < 4.78 is 1.17. The molecule has 0 aliphatic heterocycles. The number of hydrogen-bond acceptors (Lipinski definition) is 1. The first-order valence-corrected chi connectivity index (χ1v) is 7.06. The number of benzene rings is 1. The Kier molecular flexibility index (Phi) is 4.42. The fraction of sp³-hybridized carbons (Fsp3) is 0.571. The van der Waals surface area contributed by atoms with Crippen molar-refractivity contribution in [2.24, 2.45) is 5.92 Å². The largest absolute Gasteiger partial charge is 0.310 e. The Morgan fingerprint density at radius 3 is 3.00 bits per heavy atom. The fourth-order valence-electron chi connectivity index (χ4n) is 2.69. The SMILES string of the molecule is CCC1CCCC1NCc1cccc(Br)c1. The average molecular weight is 282 g/mol. The van der Waals surface area contributed by atoms with Crippen LogP contribution in [0.1, 0.15) is 38.2 Å². The highest BCUT2D eigenvalue weighted by molar-refractivity contribution is 9.10. The van der Waals surface area contributed by atoms with Crippen LogP contribution in [0.25, 0.3) is 0 Å². The summed E-state index contributed by atoms with van der Waals surface area (Å²) in [7, 11) is 0. The van der Waals surface area contributed by atoms with Crippen molar-refractivity contribution in [2.45, 2.75) is 45.2 Å². The molecule has 0 bridgehead atoms. The van der Waals surface area contributed by atoms with Gasteiger partial charge < -0.3 is 5.32 Å². The second-order valence-electron chi connectivity index (χ2n) is 4.72. The summed E-state index contributed by atoms with van der Waals surface area (Å²) in [4.78, 5) is 0. The zero-order chi connectivity index (χ0) is 11.4. The van der Waals surface area contributed by atoms with E-state index >= 15 is 0 Å². The van der Waals surface area contributed by atoms with E-state index in [4.69, 9.17) is 0 Å². The summed E-state index contributed by atoms with van der Waals surface area (Å²) in [5.41, 5.74) is 1.37. The van der Waals surface area contributed by atoms with Crippen molar-refractivity contribution >= 4 is 15.9 Å². The van der Waals surface area contributed by atoms with Gasteiger partial charge in [-0.1, -0.05) is 47.8 Å². The molecule has 2 atom stereocenters. The number of halogens is 1. The quantitative estimate of drug-likeness (QED) is 0.876. The molecule has 0 spiro atoms. The fourth-order valence-corrected chi connectivity index (χ4v) is 3.14. The molecule has 0 amide bonds. The van der Waals surface area contributed by atoms with Gasteiger partial charge in [-0.2, -0.15) is 0 Å². The van der Waals surface area contributed by atoms with E-state index in [1.165, 1.54) is 35.7 Å². The molecule has 0 heterocycles. The molecule has 1 fully saturated rings. The molecule has 1 aliphatic rings. The topological polar surface area (TPSA) is 12.0 Å². The molecule has 2 unspecified atom stereocenters. The van der Waals surface area contributed by atoms with Crippen LogP contribution in [-0.2, 0) is 6.54 Å². The Morgan fingerprint density at radius 2 is 2.25 bits per heavy atom. The van der Waals surface area contributed by atoms with Gasteiger partial charge in [0.1, 0.15) is 0 Å². The van der Waals surface area contributed by atoms with Crippen LogP contribution < -0.4 is 5.32 Å². The van der Waals surface area contributed by atoms with Gasteiger partial charge in [0.15, 0.2) is 0 Å². The Hall–Kier alpha value is -0.340. The molecule has 0 aromatic heterocycles. The van der Waals surface area contributed by atoms with Crippen LogP contribution >= 0.6 is 15.9 Å². The molecule has 1 aliphatic carbocycles. The lowest BCUT2D eigenvalue weighted by molar-refractivity contribution is 0.389. The van der Waals surface area contributed by atoms with Crippen LogP contribution in [0.15, 0.2) is 28.7 Å². The Labute approximate surface area is 107 Å². The summed E-state index contributed by atoms with van der Waals surface area (Å²) in [6, 6.07) is 9.31. The van der Waals surface area contributed by atoms with E-state index in [-0.39, 0.29) is 0 Å². The van der Waals surface area contributed by atoms with Crippen LogP contribution in [0.2, 0.25) is 0 Å². The first-order chi connectivity index (χ1) is 7.79. The van der Waals surface area contributed by atoms with Gasteiger partial charge in [0.05, 0.1) is 0 Å². The van der Waals surface area contributed by atoms with E-state index in [0.717, 1.165) is 18.5 Å². The standard InChI is InChI=1S/C14H20BrN/c1-2-12-6-4-8-14(12)16-10-11-5-3-7-13(15)9-11/h3,5,7,9,12,14,16H,2,4,6,8,10H2,1H3. The van der Waals surface area contributed by atoms with Gasteiger partial charge in [-0.3, -0.25) is 0 Å². The lowest BCUT2D eigenvalue weighted by Crippen LogP contribution is -2.31. The minimum atomic E-state index is 0.740.